The number of hydrogen-bond acceptors (Lipinski definition) is 4. The van der Waals surface area contributed by atoms with E-state index in [-0.39, 0.29) is 18.3 Å². The van der Waals surface area contributed by atoms with Gasteiger partial charge < -0.3 is 20.3 Å². The van der Waals surface area contributed by atoms with Crippen molar-refractivity contribution < 1.29 is 13.9 Å². The van der Waals surface area contributed by atoms with Crippen molar-refractivity contribution in [2.24, 2.45) is 4.99 Å². The van der Waals surface area contributed by atoms with Crippen molar-refractivity contribution in [1.29, 1.82) is 0 Å². The monoisotopic (exact) mass is 443 g/mol. The summed E-state index contributed by atoms with van der Waals surface area (Å²) in [6.45, 7) is 5.15. The lowest BCUT2D eigenvalue weighted by Crippen LogP contribution is -2.53. The molecular formula is C18H27BrFN5O2. The maximum atomic E-state index is 13.7. The molecule has 150 valence electrons. The van der Waals surface area contributed by atoms with E-state index in [0.29, 0.717) is 30.1 Å². The van der Waals surface area contributed by atoms with Crippen LogP contribution in [-0.4, -0.2) is 81.7 Å². The molecule has 7 nitrogen and oxygen atoms in total. The van der Waals surface area contributed by atoms with Crippen molar-refractivity contribution in [3.63, 3.8) is 0 Å². The van der Waals surface area contributed by atoms with Crippen LogP contribution in [0.1, 0.15) is 5.56 Å². The van der Waals surface area contributed by atoms with Crippen LogP contribution in [0.2, 0.25) is 0 Å². The van der Waals surface area contributed by atoms with E-state index in [9.17, 15) is 9.18 Å². The Morgan fingerprint density at radius 3 is 2.67 bits per heavy atom. The zero-order chi connectivity index (χ0) is 19.6. The molecule has 1 aromatic rings. The summed E-state index contributed by atoms with van der Waals surface area (Å²) in [6.07, 6.45) is 0. The number of aliphatic imine (C=N–C) groups is 1. The lowest BCUT2D eigenvalue weighted by molar-refractivity contribution is -0.120. The number of nitrogens with zero attached hydrogens (tertiary/aromatic N) is 3. The van der Waals surface area contributed by atoms with Crippen LogP contribution in [0.4, 0.5) is 4.39 Å². The molecule has 1 aliphatic heterocycles. The Bertz CT molecular complexity index is 651. The Kier molecular flexibility index (Phi) is 8.96. The van der Waals surface area contributed by atoms with Gasteiger partial charge in [-0.25, -0.2) is 4.39 Å². The number of halogens is 2. The molecule has 27 heavy (non-hydrogen) atoms. The normalized spacial score (nSPS) is 15.7. The predicted molar refractivity (Wildman–Crippen MR) is 107 cm³/mol. The van der Waals surface area contributed by atoms with Gasteiger partial charge in [-0.05, 0) is 33.6 Å². The van der Waals surface area contributed by atoms with Gasteiger partial charge in [0.2, 0.25) is 5.91 Å². The molecule has 1 aliphatic rings. The molecule has 9 heteroatoms. The Morgan fingerprint density at radius 2 is 2.04 bits per heavy atom. The molecule has 0 atom stereocenters. The fourth-order valence-corrected chi connectivity index (χ4v) is 3.11. The van der Waals surface area contributed by atoms with Crippen LogP contribution in [-0.2, 0) is 16.1 Å². The van der Waals surface area contributed by atoms with Gasteiger partial charge in [0, 0.05) is 53.4 Å². The Morgan fingerprint density at radius 1 is 1.30 bits per heavy atom. The second-order valence-electron chi connectivity index (χ2n) is 6.26. The summed E-state index contributed by atoms with van der Waals surface area (Å²) in [5.41, 5.74) is 0.958. The van der Waals surface area contributed by atoms with Crippen molar-refractivity contribution >= 4 is 27.8 Å². The lowest BCUT2D eigenvalue weighted by atomic mass is 10.2. The van der Waals surface area contributed by atoms with Crippen molar-refractivity contribution in [1.82, 2.24) is 20.4 Å². The topological polar surface area (TPSA) is 69.2 Å². The largest absolute Gasteiger partial charge is 0.383 e. The van der Waals surface area contributed by atoms with Crippen molar-refractivity contribution in [3.05, 3.63) is 34.1 Å². The second-order valence-corrected chi connectivity index (χ2v) is 7.11. The molecule has 0 unspecified atom stereocenters. The van der Waals surface area contributed by atoms with Gasteiger partial charge in [0.1, 0.15) is 5.82 Å². The highest BCUT2D eigenvalue weighted by molar-refractivity contribution is 9.10. The first-order valence-corrected chi connectivity index (χ1v) is 9.70. The van der Waals surface area contributed by atoms with Gasteiger partial charge in [0.15, 0.2) is 5.96 Å². The van der Waals surface area contributed by atoms with Crippen LogP contribution in [0.5, 0.6) is 0 Å². The van der Waals surface area contributed by atoms with Gasteiger partial charge in [-0.15, -0.1) is 0 Å². The smallest absolute Gasteiger partial charge is 0.239 e. The van der Waals surface area contributed by atoms with Gasteiger partial charge in [0.05, 0.1) is 17.6 Å². The second kappa shape index (κ2) is 11.2. The number of benzene rings is 1. The van der Waals surface area contributed by atoms with Crippen LogP contribution >= 0.6 is 15.9 Å². The van der Waals surface area contributed by atoms with E-state index in [1.807, 2.05) is 6.07 Å². The maximum Gasteiger partial charge on any atom is 0.239 e. The lowest BCUT2D eigenvalue weighted by Gasteiger charge is -2.36. The molecule has 2 rings (SSSR count). The van der Waals surface area contributed by atoms with E-state index in [1.54, 1.807) is 26.3 Å². The number of hydrogen-bond donors (Lipinski definition) is 2. The number of amides is 1. The van der Waals surface area contributed by atoms with Gasteiger partial charge >= 0.3 is 0 Å². The van der Waals surface area contributed by atoms with E-state index in [1.165, 1.54) is 0 Å². The number of guanidine groups is 1. The average Bonchev–Trinajstić information content (AvgIpc) is 2.66. The minimum absolute atomic E-state index is 0.0934. The number of carbonyl (C=O) groups is 1. The van der Waals surface area contributed by atoms with Gasteiger partial charge in [-0.1, -0.05) is 6.07 Å². The van der Waals surface area contributed by atoms with Gasteiger partial charge in [-0.2, -0.15) is 0 Å². The number of methoxy groups -OCH3 is 1. The van der Waals surface area contributed by atoms with Gasteiger partial charge in [-0.3, -0.25) is 14.7 Å². The van der Waals surface area contributed by atoms with Crippen molar-refractivity contribution in [2.45, 2.75) is 6.54 Å². The fourth-order valence-electron chi connectivity index (χ4n) is 2.86. The van der Waals surface area contributed by atoms with Crippen LogP contribution in [0.25, 0.3) is 0 Å². The zero-order valence-corrected chi connectivity index (χ0v) is 17.4. The molecule has 0 aromatic heterocycles. The molecule has 0 radical (unpaired) electrons. The van der Waals surface area contributed by atoms with E-state index < -0.39 is 0 Å². The van der Waals surface area contributed by atoms with E-state index in [2.05, 4.69) is 41.4 Å². The van der Waals surface area contributed by atoms with Crippen LogP contribution in [0.3, 0.4) is 0 Å². The molecule has 1 aromatic carbocycles. The van der Waals surface area contributed by atoms with Crippen LogP contribution in [0, 0.1) is 5.82 Å². The Hall–Kier alpha value is -1.71. The van der Waals surface area contributed by atoms with E-state index in [0.717, 1.165) is 31.7 Å². The van der Waals surface area contributed by atoms with E-state index >= 15 is 0 Å². The summed E-state index contributed by atoms with van der Waals surface area (Å²) in [7, 11) is 3.31. The first-order valence-electron chi connectivity index (χ1n) is 8.91. The van der Waals surface area contributed by atoms with Crippen molar-refractivity contribution in [3.8, 4) is 0 Å². The third-order valence-electron chi connectivity index (χ3n) is 4.31. The first kappa shape index (κ1) is 21.6. The Labute approximate surface area is 168 Å². The predicted octanol–water partition coefficient (Wildman–Crippen LogP) is 1.04. The quantitative estimate of drug-likeness (QED) is 0.374. The molecule has 1 heterocycles. The zero-order valence-electron chi connectivity index (χ0n) is 15.8. The summed E-state index contributed by atoms with van der Waals surface area (Å²) in [5.74, 6) is 0.384. The van der Waals surface area contributed by atoms with Gasteiger partial charge in [0.25, 0.3) is 0 Å². The third kappa shape index (κ3) is 7.08. The third-order valence-corrected chi connectivity index (χ3v) is 4.95. The molecular weight excluding hydrogens is 417 g/mol. The number of nitrogens with one attached hydrogen (secondary N) is 2. The fraction of sp³-hybridized carbons (Fsp3) is 0.556. The summed E-state index contributed by atoms with van der Waals surface area (Å²) in [6, 6.07) is 5.24. The Balaban J connectivity index is 1.75. The van der Waals surface area contributed by atoms with Crippen LogP contribution < -0.4 is 10.6 Å². The standard InChI is InChI=1S/C18H27BrFN5O2/c1-21-18(23-12-17(26)22-5-10-27-2)25-8-6-24(7-9-25)13-14-3-4-15(19)16(20)11-14/h3-4,11H,5-10,12-13H2,1-2H3,(H,21,23)(H,22,26). The highest BCUT2D eigenvalue weighted by atomic mass is 79.9. The number of rotatable bonds is 7. The highest BCUT2D eigenvalue weighted by Gasteiger charge is 2.20. The number of ether oxygens (including phenoxy) is 1. The summed E-state index contributed by atoms with van der Waals surface area (Å²) >= 11 is 3.18. The summed E-state index contributed by atoms with van der Waals surface area (Å²) < 4.78 is 19.0. The SMILES string of the molecule is CN=C(NCC(=O)NCCOC)N1CCN(Cc2ccc(Br)c(F)c2)CC1. The maximum absolute atomic E-state index is 13.7. The highest BCUT2D eigenvalue weighted by Crippen LogP contribution is 2.18. The molecule has 0 saturated carbocycles. The number of carbonyl (C=O) groups excluding carboxylic acids is 1. The van der Waals surface area contributed by atoms with E-state index in [4.69, 9.17) is 4.74 Å². The molecule has 1 amide bonds. The molecule has 0 aliphatic carbocycles. The van der Waals surface area contributed by atoms with Crippen molar-refractivity contribution in [2.75, 3.05) is 60.0 Å². The molecule has 1 fully saturated rings. The molecule has 1 saturated heterocycles. The minimum Gasteiger partial charge on any atom is -0.383 e. The molecule has 0 bridgehead atoms. The molecule has 0 spiro atoms. The first-order chi connectivity index (χ1) is 13.0. The summed E-state index contributed by atoms with van der Waals surface area (Å²) in [5, 5.41) is 5.86. The molecule has 2 N–H and O–H groups in total. The summed E-state index contributed by atoms with van der Waals surface area (Å²) in [4.78, 5) is 20.5. The minimum atomic E-state index is -0.237. The van der Waals surface area contributed by atoms with Crippen LogP contribution in [0.15, 0.2) is 27.7 Å². The number of piperazine rings is 1. The average molecular weight is 444 g/mol.